The summed E-state index contributed by atoms with van der Waals surface area (Å²) in [5.74, 6) is 1.04. The largest absolute Gasteiger partial charge is 0.416 e. The highest BCUT2D eigenvalue weighted by Crippen LogP contribution is 2.29. The van der Waals surface area contributed by atoms with E-state index in [1.807, 2.05) is 0 Å². The summed E-state index contributed by atoms with van der Waals surface area (Å²) in [5.41, 5.74) is -0.0659. The van der Waals surface area contributed by atoms with E-state index in [-0.39, 0.29) is 6.54 Å². The maximum atomic E-state index is 12.8. The Morgan fingerprint density at radius 3 is 2.52 bits per heavy atom. The molecule has 0 radical (unpaired) electrons. The number of nitrogens with one attached hydrogen (secondary N) is 2. The van der Waals surface area contributed by atoms with Crippen LogP contribution in [-0.4, -0.2) is 69.1 Å². The monoisotopic (exact) mass is 385 g/mol. The standard InChI is InChI=1S/C19H30F3N5/c1-15(14-27-9-7-26(3)8-10-27)12-24-18(23-2)25-13-16-5-4-6-17(11-16)19(20,21)22/h4-6,11,15H,7-10,12-14H2,1-3H3,(H2,23,24,25). The number of hydrogen-bond acceptors (Lipinski definition) is 3. The molecule has 1 aromatic carbocycles. The first kappa shape index (κ1) is 21.5. The minimum absolute atomic E-state index is 0.288. The Kier molecular flexibility index (Phi) is 7.91. The molecule has 1 unspecified atom stereocenters. The predicted molar refractivity (Wildman–Crippen MR) is 103 cm³/mol. The second-order valence-corrected chi connectivity index (χ2v) is 7.21. The first-order chi connectivity index (χ1) is 12.8. The SMILES string of the molecule is CN=C(NCc1cccc(C(F)(F)F)c1)NCC(C)CN1CCN(C)CC1. The molecule has 0 saturated carbocycles. The molecule has 5 nitrogen and oxygen atoms in total. The molecule has 1 aliphatic rings. The minimum Gasteiger partial charge on any atom is -0.356 e. The van der Waals surface area contributed by atoms with Crippen LogP contribution >= 0.6 is 0 Å². The smallest absolute Gasteiger partial charge is 0.356 e. The maximum Gasteiger partial charge on any atom is 0.416 e. The highest BCUT2D eigenvalue weighted by atomic mass is 19.4. The molecule has 1 saturated heterocycles. The van der Waals surface area contributed by atoms with Crippen LogP contribution in [0.1, 0.15) is 18.1 Å². The van der Waals surface area contributed by atoms with E-state index < -0.39 is 11.7 Å². The van der Waals surface area contributed by atoms with Gasteiger partial charge in [-0.15, -0.1) is 0 Å². The molecule has 2 N–H and O–H groups in total. The van der Waals surface area contributed by atoms with Crippen molar-refractivity contribution in [2.75, 3.05) is 53.4 Å². The Hall–Kier alpha value is -1.80. The summed E-state index contributed by atoms with van der Waals surface area (Å²) in [6, 6.07) is 5.34. The third kappa shape index (κ3) is 7.38. The summed E-state index contributed by atoms with van der Waals surface area (Å²) in [7, 11) is 3.80. The first-order valence-electron chi connectivity index (χ1n) is 9.29. The molecule has 0 bridgehead atoms. The van der Waals surface area contributed by atoms with Crippen LogP contribution in [0.2, 0.25) is 0 Å². The van der Waals surface area contributed by atoms with Gasteiger partial charge in [-0.25, -0.2) is 0 Å². The molecular weight excluding hydrogens is 355 g/mol. The van der Waals surface area contributed by atoms with Gasteiger partial charge >= 0.3 is 6.18 Å². The number of piperazine rings is 1. The van der Waals surface area contributed by atoms with Crippen molar-refractivity contribution in [1.29, 1.82) is 0 Å². The molecular formula is C19H30F3N5. The van der Waals surface area contributed by atoms with Crippen molar-refractivity contribution >= 4 is 5.96 Å². The van der Waals surface area contributed by atoms with Crippen LogP contribution in [0, 0.1) is 5.92 Å². The Labute approximate surface area is 159 Å². The molecule has 2 rings (SSSR count). The normalized spacial score (nSPS) is 18.4. The van der Waals surface area contributed by atoms with Gasteiger partial charge in [-0.05, 0) is 30.7 Å². The number of benzene rings is 1. The van der Waals surface area contributed by atoms with Crippen molar-refractivity contribution in [3.05, 3.63) is 35.4 Å². The molecule has 1 fully saturated rings. The van der Waals surface area contributed by atoms with Crippen LogP contribution in [0.15, 0.2) is 29.3 Å². The Balaban J connectivity index is 1.76. The topological polar surface area (TPSA) is 42.9 Å². The number of guanidine groups is 1. The third-order valence-corrected chi connectivity index (χ3v) is 4.72. The lowest BCUT2D eigenvalue weighted by molar-refractivity contribution is -0.137. The van der Waals surface area contributed by atoms with E-state index in [2.05, 4.69) is 39.4 Å². The van der Waals surface area contributed by atoms with Crippen LogP contribution in [-0.2, 0) is 12.7 Å². The van der Waals surface area contributed by atoms with Gasteiger partial charge in [0.1, 0.15) is 0 Å². The van der Waals surface area contributed by atoms with Gasteiger partial charge in [0.15, 0.2) is 5.96 Å². The van der Waals surface area contributed by atoms with Crippen LogP contribution < -0.4 is 10.6 Å². The van der Waals surface area contributed by atoms with Crippen molar-refractivity contribution in [1.82, 2.24) is 20.4 Å². The quantitative estimate of drug-likeness (QED) is 0.582. The lowest BCUT2D eigenvalue weighted by Crippen LogP contribution is -2.47. The summed E-state index contributed by atoms with van der Waals surface area (Å²) >= 11 is 0. The number of alkyl halides is 3. The zero-order valence-electron chi connectivity index (χ0n) is 16.3. The average molecular weight is 385 g/mol. The number of rotatable bonds is 6. The summed E-state index contributed by atoms with van der Waals surface area (Å²) in [6.45, 7) is 8.62. The zero-order chi connectivity index (χ0) is 19.9. The maximum absolute atomic E-state index is 12.8. The van der Waals surface area contributed by atoms with Crippen LogP contribution in [0.4, 0.5) is 13.2 Å². The summed E-state index contributed by atoms with van der Waals surface area (Å²) in [6.07, 6.45) is -4.32. The summed E-state index contributed by atoms with van der Waals surface area (Å²) in [5, 5.41) is 6.34. The lowest BCUT2D eigenvalue weighted by Gasteiger charge is -2.34. The number of halogens is 3. The molecule has 0 aromatic heterocycles. The van der Waals surface area contributed by atoms with Crippen molar-refractivity contribution < 1.29 is 13.2 Å². The number of likely N-dealkylation sites (N-methyl/N-ethyl adjacent to an activating group) is 1. The highest BCUT2D eigenvalue weighted by Gasteiger charge is 2.30. The molecule has 8 heteroatoms. The third-order valence-electron chi connectivity index (χ3n) is 4.72. The number of hydrogen-bond donors (Lipinski definition) is 2. The van der Waals surface area contributed by atoms with E-state index in [1.165, 1.54) is 6.07 Å². The van der Waals surface area contributed by atoms with E-state index >= 15 is 0 Å². The van der Waals surface area contributed by atoms with Crippen LogP contribution in [0.5, 0.6) is 0 Å². The van der Waals surface area contributed by atoms with Crippen LogP contribution in [0.25, 0.3) is 0 Å². The molecule has 1 aromatic rings. The van der Waals surface area contributed by atoms with Crippen molar-refractivity contribution in [3.63, 3.8) is 0 Å². The van der Waals surface area contributed by atoms with Crippen molar-refractivity contribution in [2.24, 2.45) is 10.9 Å². The van der Waals surface area contributed by atoms with Crippen LogP contribution in [0.3, 0.4) is 0 Å². The fraction of sp³-hybridized carbons (Fsp3) is 0.632. The molecule has 1 aliphatic heterocycles. The van der Waals surface area contributed by atoms with Gasteiger partial charge in [-0.3, -0.25) is 4.99 Å². The molecule has 0 aliphatic carbocycles. The van der Waals surface area contributed by atoms with E-state index in [0.29, 0.717) is 17.4 Å². The van der Waals surface area contributed by atoms with Gasteiger partial charge < -0.3 is 20.4 Å². The van der Waals surface area contributed by atoms with E-state index in [9.17, 15) is 13.2 Å². The van der Waals surface area contributed by atoms with Gasteiger partial charge in [0, 0.05) is 52.9 Å². The Morgan fingerprint density at radius 1 is 1.19 bits per heavy atom. The molecule has 0 amide bonds. The molecule has 1 atom stereocenters. The average Bonchev–Trinajstić information content (AvgIpc) is 2.63. The Morgan fingerprint density at radius 2 is 1.89 bits per heavy atom. The van der Waals surface area contributed by atoms with Crippen molar-refractivity contribution in [3.8, 4) is 0 Å². The molecule has 0 spiro atoms. The zero-order valence-corrected chi connectivity index (χ0v) is 16.3. The number of nitrogens with zero attached hydrogens (tertiary/aromatic N) is 3. The molecule has 27 heavy (non-hydrogen) atoms. The van der Waals surface area contributed by atoms with E-state index in [4.69, 9.17) is 0 Å². The first-order valence-corrected chi connectivity index (χ1v) is 9.29. The Bertz CT molecular complexity index is 610. The lowest BCUT2D eigenvalue weighted by atomic mass is 10.1. The van der Waals surface area contributed by atoms with Gasteiger partial charge in [-0.1, -0.05) is 19.1 Å². The number of aliphatic imine (C=N–C) groups is 1. The van der Waals surface area contributed by atoms with Gasteiger partial charge in [0.05, 0.1) is 5.56 Å². The fourth-order valence-electron chi connectivity index (χ4n) is 3.07. The van der Waals surface area contributed by atoms with E-state index in [0.717, 1.165) is 51.4 Å². The second-order valence-electron chi connectivity index (χ2n) is 7.21. The minimum atomic E-state index is -4.32. The highest BCUT2D eigenvalue weighted by molar-refractivity contribution is 5.79. The van der Waals surface area contributed by atoms with Crippen molar-refractivity contribution in [2.45, 2.75) is 19.6 Å². The second kappa shape index (κ2) is 9.94. The fourth-order valence-corrected chi connectivity index (χ4v) is 3.07. The van der Waals surface area contributed by atoms with Gasteiger partial charge in [-0.2, -0.15) is 13.2 Å². The van der Waals surface area contributed by atoms with E-state index in [1.54, 1.807) is 13.1 Å². The predicted octanol–water partition coefficient (Wildman–Crippen LogP) is 2.25. The summed E-state index contributed by atoms with van der Waals surface area (Å²) in [4.78, 5) is 8.95. The van der Waals surface area contributed by atoms with Gasteiger partial charge in [0.25, 0.3) is 0 Å². The van der Waals surface area contributed by atoms with Gasteiger partial charge in [0.2, 0.25) is 0 Å². The summed E-state index contributed by atoms with van der Waals surface area (Å²) < 4.78 is 38.4. The molecule has 152 valence electrons. The molecule has 1 heterocycles.